The zero-order chi connectivity index (χ0) is 21.7. The summed E-state index contributed by atoms with van der Waals surface area (Å²) >= 11 is 2.53. The van der Waals surface area contributed by atoms with Crippen molar-refractivity contribution < 1.29 is 23.8 Å². The molecule has 10 heteroatoms. The highest BCUT2D eigenvalue weighted by atomic mass is 32.2. The number of thiophene rings is 1. The Labute approximate surface area is 180 Å². The number of thioether (sulfide) groups is 1. The number of hydrogen-bond acceptors (Lipinski definition) is 9. The van der Waals surface area contributed by atoms with Gasteiger partial charge in [-0.2, -0.15) is 0 Å². The first-order valence-corrected chi connectivity index (χ1v) is 10.8. The lowest BCUT2D eigenvalue weighted by Gasteiger charge is -2.05. The molecule has 0 spiro atoms. The number of H-pyrrole nitrogens is 1. The summed E-state index contributed by atoms with van der Waals surface area (Å²) in [6, 6.07) is 7.63. The Bertz CT molecular complexity index is 1120. The van der Waals surface area contributed by atoms with Gasteiger partial charge in [0.15, 0.2) is 0 Å². The molecule has 158 valence electrons. The van der Waals surface area contributed by atoms with E-state index in [1.165, 1.54) is 26.0 Å². The molecule has 3 aromatic rings. The molecule has 0 aliphatic heterocycles. The van der Waals surface area contributed by atoms with Gasteiger partial charge in [-0.3, -0.25) is 9.59 Å². The molecule has 0 aliphatic rings. The quantitative estimate of drug-likeness (QED) is 0.414. The highest BCUT2D eigenvalue weighted by molar-refractivity contribution is 7.98. The molecule has 0 bridgehead atoms. The first kappa shape index (κ1) is 21.8. The van der Waals surface area contributed by atoms with E-state index in [0.29, 0.717) is 23.0 Å². The molecule has 0 fully saturated rings. The van der Waals surface area contributed by atoms with Crippen LogP contribution in [0, 0.1) is 0 Å². The van der Waals surface area contributed by atoms with E-state index >= 15 is 0 Å². The Morgan fingerprint density at radius 2 is 1.90 bits per heavy atom. The summed E-state index contributed by atoms with van der Waals surface area (Å²) in [5.74, 6) is 0.503. The predicted molar refractivity (Wildman–Crippen MR) is 114 cm³/mol. The number of esters is 2. The number of nitrogens with zero attached hydrogens (tertiary/aromatic N) is 1. The molecule has 0 saturated carbocycles. The number of methoxy groups -OCH3 is 2. The summed E-state index contributed by atoms with van der Waals surface area (Å²) in [4.78, 5) is 45.4. The molecular formula is C20H20N2O6S2. The average molecular weight is 449 g/mol. The molecule has 1 N–H and O–H groups in total. The van der Waals surface area contributed by atoms with Gasteiger partial charge in [0.2, 0.25) is 0 Å². The highest BCUT2D eigenvalue weighted by Crippen LogP contribution is 2.30. The fourth-order valence-electron chi connectivity index (χ4n) is 2.77. The summed E-state index contributed by atoms with van der Waals surface area (Å²) in [7, 11) is 2.48. The number of carbonyl (C=O) groups excluding carboxylic acids is 2. The molecule has 3 rings (SSSR count). The summed E-state index contributed by atoms with van der Waals surface area (Å²) in [5.41, 5.74) is -0.138. The lowest BCUT2D eigenvalue weighted by molar-refractivity contribution is -0.139. The van der Waals surface area contributed by atoms with Crippen molar-refractivity contribution in [3.8, 4) is 5.75 Å². The second-order valence-corrected chi connectivity index (χ2v) is 8.09. The molecule has 0 aliphatic carbocycles. The van der Waals surface area contributed by atoms with E-state index in [9.17, 15) is 14.4 Å². The van der Waals surface area contributed by atoms with Gasteiger partial charge in [-0.1, -0.05) is 0 Å². The Morgan fingerprint density at radius 3 is 2.53 bits per heavy atom. The van der Waals surface area contributed by atoms with Crippen molar-refractivity contribution in [2.45, 2.75) is 24.0 Å². The number of aromatic nitrogens is 2. The average Bonchev–Trinajstić information content (AvgIpc) is 3.11. The van der Waals surface area contributed by atoms with E-state index < -0.39 is 17.5 Å². The Hall–Kier alpha value is -2.85. The lowest BCUT2D eigenvalue weighted by Crippen LogP contribution is -2.15. The monoisotopic (exact) mass is 448 g/mol. The largest absolute Gasteiger partial charge is 0.494 e. The molecule has 0 unspecified atom stereocenters. The van der Waals surface area contributed by atoms with Crippen molar-refractivity contribution in [2.75, 3.05) is 20.8 Å². The van der Waals surface area contributed by atoms with Crippen LogP contribution in [-0.2, 0) is 26.4 Å². The number of rotatable bonds is 8. The van der Waals surface area contributed by atoms with Crippen LogP contribution in [0.3, 0.4) is 0 Å². The standard InChI is InChI=1S/C20H20N2O6S2/c1-4-28-11-5-7-12(8-6-11)29-10-14-21-18(24)16-13(9-15(23)26-2)17(20(25)27-3)30-19(16)22-14/h5-8H,4,9-10H2,1-3H3,(H,21,22,24). The molecule has 2 aromatic heterocycles. The van der Waals surface area contributed by atoms with Crippen LogP contribution >= 0.6 is 23.1 Å². The summed E-state index contributed by atoms with van der Waals surface area (Å²) < 4.78 is 14.9. The van der Waals surface area contributed by atoms with Crippen LogP contribution in [0.2, 0.25) is 0 Å². The van der Waals surface area contributed by atoms with E-state index in [2.05, 4.69) is 14.7 Å². The van der Waals surface area contributed by atoms with Crippen molar-refractivity contribution in [1.82, 2.24) is 9.97 Å². The summed E-state index contributed by atoms with van der Waals surface area (Å²) in [5, 5.41) is 0.209. The van der Waals surface area contributed by atoms with Gasteiger partial charge >= 0.3 is 11.9 Å². The predicted octanol–water partition coefficient (Wildman–Crippen LogP) is 3.18. The molecule has 30 heavy (non-hydrogen) atoms. The van der Waals surface area contributed by atoms with Crippen LogP contribution in [0.1, 0.15) is 28.0 Å². The maximum Gasteiger partial charge on any atom is 0.348 e. The van der Waals surface area contributed by atoms with Gasteiger partial charge in [-0.15, -0.1) is 23.1 Å². The fourth-order valence-corrected chi connectivity index (χ4v) is 4.67. The van der Waals surface area contributed by atoms with Crippen LogP contribution in [-0.4, -0.2) is 42.7 Å². The third-order valence-corrected chi connectivity index (χ3v) is 6.27. The molecule has 0 atom stereocenters. The fraction of sp³-hybridized carbons (Fsp3) is 0.300. The van der Waals surface area contributed by atoms with Crippen LogP contribution in [0.25, 0.3) is 10.2 Å². The topological polar surface area (TPSA) is 108 Å². The number of carbonyl (C=O) groups is 2. The maximum atomic E-state index is 12.7. The van der Waals surface area contributed by atoms with Gasteiger partial charge in [0.25, 0.3) is 5.56 Å². The smallest absolute Gasteiger partial charge is 0.348 e. The Balaban J connectivity index is 1.90. The molecule has 1 aromatic carbocycles. The van der Waals surface area contributed by atoms with Crippen LogP contribution in [0.15, 0.2) is 34.0 Å². The van der Waals surface area contributed by atoms with Crippen LogP contribution in [0.4, 0.5) is 0 Å². The Morgan fingerprint density at radius 1 is 1.17 bits per heavy atom. The van der Waals surface area contributed by atoms with Gasteiger partial charge in [0.1, 0.15) is 21.3 Å². The minimum absolute atomic E-state index is 0.173. The van der Waals surface area contributed by atoms with Gasteiger partial charge < -0.3 is 19.2 Å². The van der Waals surface area contributed by atoms with E-state index in [1.54, 1.807) is 0 Å². The first-order valence-electron chi connectivity index (χ1n) is 9.02. The molecule has 0 saturated heterocycles. The van der Waals surface area contributed by atoms with Crippen LogP contribution < -0.4 is 10.3 Å². The zero-order valence-corrected chi connectivity index (χ0v) is 18.3. The van der Waals surface area contributed by atoms with Crippen molar-refractivity contribution in [3.63, 3.8) is 0 Å². The van der Waals surface area contributed by atoms with Gasteiger partial charge in [-0.25, -0.2) is 9.78 Å². The number of nitrogens with one attached hydrogen (secondary N) is 1. The molecule has 0 amide bonds. The molecular weight excluding hydrogens is 428 g/mol. The van der Waals surface area contributed by atoms with Crippen LogP contribution in [0.5, 0.6) is 5.75 Å². The Kier molecular flexibility index (Phi) is 7.11. The van der Waals surface area contributed by atoms with Crippen molar-refractivity contribution in [2.24, 2.45) is 0 Å². The van der Waals surface area contributed by atoms with E-state index in [-0.39, 0.29) is 22.2 Å². The van der Waals surface area contributed by atoms with Crippen molar-refractivity contribution >= 4 is 45.3 Å². The summed E-state index contributed by atoms with van der Waals surface area (Å²) in [6.07, 6.45) is -0.216. The van der Waals surface area contributed by atoms with Crippen molar-refractivity contribution in [1.29, 1.82) is 0 Å². The second kappa shape index (κ2) is 9.77. The van der Waals surface area contributed by atoms with E-state index in [1.807, 2.05) is 31.2 Å². The third-order valence-electron chi connectivity index (χ3n) is 4.14. The zero-order valence-electron chi connectivity index (χ0n) is 16.6. The first-order chi connectivity index (χ1) is 14.5. The lowest BCUT2D eigenvalue weighted by atomic mass is 10.1. The number of aromatic amines is 1. The molecule has 0 radical (unpaired) electrons. The third kappa shape index (κ3) is 4.82. The van der Waals surface area contributed by atoms with Gasteiger partial charge in [0.05, 0.1) is 38.4 Å². The minimum Gasteiger partial charge on any atom is -0.494 e. The van der Waals surface area contributed by atoms with E-state index in [4.69, 9.17) is 9.47 Å². The number of fused-ring (bicyclic) bond motifs is 1. The number of benzene rings is 1. The number of hydrogen-bond donors (Lipinski definition) is 1. The van der Waals surface area contributed by atoms with Gasteiger partial charge in [0, 0.05) is 10.5 Å². The summed E-state index contributed by atoms with van der Waals surface area (Å²) in [6.45, 7) is 2.53. The molecule has 8 nitrogen and oxygen atoms in total. The SMILES string of the molecule is CCOc1ccc(SCc2nc3sc(C(=O)OC)c(CC(=O)OC)c3c(=O)[nH]2)cc1. The molecule has 2 heterocycles. The number of ether oxygens (including phenoxy) is 3. The maximum absolute atomic E-state index is 12.7. The van der Waals surface area contributed by atoms with Gasteiger partial charge in [-0.05, 0) is 31.2 Å². The highest BCUT2D eigenvalue weighted by Gasteiger charge is 2.24. The van der Waals surface area contributed by atoms with Crippen molar-refractivity contribution in [3.05, 3.63) is 50.9 Å². The normalized spacial score (nSPS) is 10.8. The minimum atomic E-state index is -0.624. The second-order valence-electron chi connectivity index (χ2n) is 6.04. The van der Waals surface area contributed by atoms with E-state index in [0.717, 1.165) is 22.0 Å².